The quantitative estimate of drug-likeness (QED) is 0.824. The average molecular weight is 390 g/mol. The molecule has 1 unspecified atom stereocenters. The first-order valence-electron chi connectivity index (χ1n) is 8.94. The number of anilines is 1. The maximum atomic E-state index is 13.8. The van der Waals surface area contributed by atoms with Gasteiger partial charge in [-0.05, 0) is 62.1 Å². The molecule has 1 N–H and O–H groups in total. The molecular weight excluding hydrogens is 367 g/mol. The maximum absolute atomic E-state index is 13.8. The predicted octanol–water partition coefficient (Wildman–Crippen LogP) is 3.17. The molecule has 0 radical (unpaired) electrons. The lowest BCUT2D eigenvalue weighted by atomic mass is 10.1. The van der Waals surface area contributed by atoms with Gasteiger partial charge in [-0.25, -0.2) is 17.5 Å². The summed E-state index contributed by atoms with van der Waals surface area (Å²) in [5.41, 5.74) is 1.75. The molecule has 1 fully saturated rings. The van der Waals surface area contributed by atoms with Crippen molar-refractivity contribution in [3.63, 3.8) is 0 Å². The number of amides is 1. The number of carbonyl (C=O) groups is 1. The third-order valence-corrected chi connectivity index (χ3v) is 6.42. The van der Waals surface area contributed by atoms with Gasteiger partial charge in [-0.3, -0.25) is 4.79 Å². The summed E-state index contributed by atoms with van der Waals surface area (Å²) in [4.78, 5) is 13.7. The molecule has 5 nitrogen and oxygen atoms in total. The second kappa shape index (κ2) is 7.78. The molecule has 7 heteroatoms. The van der Waals surface area contributed by atoms with Crippen LogP contribution < -0.4 is 9.62 Å². The molecule has 1 aliphatic heterocycles. The van der Waals surface area contributed by atoms with Crippen molar-refractivity contribution in [3.8, 4) is 0 Å². The lowest BCUT2D eigenvalue weighted by molar-refractivity contribution is -0.117. The van der Waals surface area contributed by atoms with Gasteiger partial charge >= 0.3 is 0 Å². The van der Waals surface area contributed by atoms with Crippen molar-refractivity contribution < 1.29 is 17.6 Å². The van der Waals surface area contributed by atoms with Crippen molar-refractivity contribution in [1.29, 1.82) is 0 Å². The van der Waals surface area contributed by atoms with Crippen LogP contribution in [0.25, 0.3) is 0 Å². The van der Waals surface area contributed by atoms with Crippen LogP contribution in [-0.2, 0) is 21.2 Å². The molecule has 1 amide bonds. The van der Waals surface area contributed by atoms with Gasteiger partial charge in [-0.15, -0.1) is 0 Å². The molecule has 27 heavy (non-hydrogen) atoms. The number of halogens is 1. The number of aryl methyl sites for hydroxylation is 1. The minimum Gasteiger partial charge on any atom is -0.312 e. The molecule has 144 valence electrons. The molecule has 0 saturated carbocycles. The van der Waals surface area contributed by atoms with Crippen LogP contribution in [0, 0.1) is 12.7 Å². The van der Waals surface area contributed by atoms with E-state index in [0.29, 0.717) is 29.8 Å². The molecule has 0 aromatic heterocycles. The first-order chi connectivity index (χ1) is 12.8. The number of nitrogens with one attached hydrogen (secondary N) is 1. The van der Waals surface area contributed by atoms with E-state index in [4.69, 9.17) is 0 Å². The predicted molar refractivity (Wildman–Crippen MR) is 103 cm³/mol. The second-order valence-corrected chi connectivity index (χ2v) is 8.60. The minimum absolute atomic E-state index is 0.0571. The van der Waals surface area contributed by atoms with Crippen LogP contribution in [0.5, 0.6) is 0 Å². The topological polar surface area (TPSA) is 66.5 Å². The zero-order valence-electron chi connectivity index (χ0n) is 15.4. The molecule has 0 spiro atoms. The molecule has 1 aliphatic rings. The Balaban J connectivity index is 1.76. The van der Waals surface area contributed by atoms with Crippen molar-refractivity contribution in [2.45, 2.75) is 44.0 Å². The Labute approximate surface area is 159 Å². The number of rotatable bonds is 6. The van der Waals surface area contributed by atoms with E-state index < -0.39 is 16.1 Å². The highest BCUT2D eigenvalue weighted by atomic mass is 32.2. The number of sulfonamides is 1. The van der Waals surface area contributed by atoms with Gasteiger partial charge < -0.3 is 4.90 Å². The number of benzene rings is 2. The standard InChI is InChI=1S/C20H23FN2O3S/c1-14-12-17(23-11-5-8-20(23)24)9-10-19(14)27(25,26)22-15(2)13-16-6-3-4-7-18(16)21/h3-4,6-7,9-10,12,15,22H,5,8,11,13H2,1-2H3. The van der Waals surface area contributed by atoms with E-state index in [1.54, 1.807) is 49.1 Å². The van der Waals surface area contributed by atoms with Crippen LogP contribution in [0.4, 0.5) is 10.1 Å². The summed E-state index contributed by atoms with van der Waals surface area (Å²) < 4.78 is 41.9. The van der Waals surface area contributed by atoms with E-state index in [2.05, 4.69) is 4.72 Å². The molecular formula is C20H23FN2O3S. The van der Waals surface area contributed by atoms with E-state index in [1.807, 2.05) is 0 Å². The van der Waals surface area contributed by atoms with E-state index in [-0.39, 0.29) is 23.0 Å². The summed E-state index contributed by atoms with van der Waals surface area (Å²) in [5, 5.41) is 0. The average Bonchev–Trinajstić information content (AvgIpc) is 3.02. The monoisotopic (exact) mass is 390 g/mol. The fraction of sp³-hybridized carbons (Fsp3) is 0.350. The Hall–Kier alpha value is -2.25. The fourth-order valence-electron chi connectivity index (χ4n) is 3.39. The fourth-order valence-corrected chi connectivity index (χ4v) is 4.86. The lowest BCUT2D eigenvalue weighted by Gasteiger charge is -2.19. The Morgan fingerprint density at radius 3 is 2.59 bits per heavy atom. The zero-order chi connectivity index (χ0) is 19.6. The van der Waals surface area contributed by atoms with Gasteiger partial charge in [0.15, 0.2) is 0 Å². The number of nitrogens with zero attached hydrogens (tertiary/aromatic N) is 1. The molecule has 0 bridgehead atoms. The highest BCUT2D eigenvalue weighted by Crippen LogP contribution is 2.26. The van der Waals surface area contributed by atoms with Crippen LogP contribution in [-0.4, -0.2) is 26.9 Å². The van der Waals surface area contributed by atoms with Gasteiger partial charge in [0, 0.05) is 24.7 Å². The molecule has 3 rings (SSSR count). The van der Waals surface area contributed by atoms with E-state index in [1.165, 1.54) is 12.1 Å². The molecule has 1 saturated heterocycles. The summed E-state index contributed by atoms with van der Waals surface area (Å²) in [6, 6.07) is 10.8. The Bertz CT molecular complexity index is 959. The third kappa shape index (κ3) is 4.36. The summed E-state index contributed by atoms with van der Waals surface area (Å²) in [5.74, 6) is -0.291. The van der Waals surface area contributed by atoms with Crippen LogP contribution >= 0.6 is 0 Å². The molecule has 2 aromatic carbocycles. The highest BCUT2D eigenvalue weighted by molar-refractivity contribution is 7.89. The minimum atomic E-state index is -3.75. The Morgan fingerprint density at radius 1 is 1.22 bits per heavy atom. The number of hydrogen-bond acceptors (Lipinski definition) is 3. The van der Waals surface area contributed by atoms with Crippen molar-refractivity contribution in [1.82, 2.24) is 4.72 Å². The van der Waals surface area contributed by atoms with E-state index in [0.717, 1.165) is 6.42 Å². The third-order valence-electron chi connectivity index (χ3n) is 4.67. The van der Waals surface area contributed by atoms with Crippen LogP contribution in [0.2, 0.25) is 0 Å². The van der Waals surface area contributed by atoms with Crippen molar-refractivity contribution in [2.75, 3.05) is 11.4 Å². The first kappa shape index (κ1) is 19.5. The lowest BCUT2D eigenvalue weighted by Crippen LogP contribution is -2.34. The summed E-state index contributed by atoms with van der Waals surface area (Å²) in [6.07, 6.45) is 1.59. The smallest absolute Gasteiger partial charge is 0.241 e. The van der Waals surface area contributed by atoms with Gasteiger partial charge in [-0.2, -0.15) is 0 Å². The van der Waals surface area contributed by atoms with E-state index >= 15 is 0 Å². The van der Waals surface area contributed by atoms with Gasteiger partial charge in [-0.1, -0.05) is 18.2 Å². The Morgan fingerprint density at radius 2 is 1.96 bits per heavy atom. The molecule has 0 aliphatic carbocycles. The van der Waals surface area contributed by atoms with E-state index in [9.17, 15) is 17.6 Å². The van der Waals surface area contributed by atoms with Crippen molar-refractivity contribution in [2.24, 2.45) is 0 Å². The maximum Gasteiger partial charge on any atom is 0.241 e. The zero-order valence-corrected chi connectivity index (χ0v) is 16.2. The molecule has 1 atom stereocenters. The largest absolute Gasteiger partial charge is 0.312 e. The van der Waals surface area contributed by atoms with Crippen LogP contribution in [0.1, 0.15) is 30.9 Å². The second-order valence-electron chi connectivity index (χ2n) is 6.92. The van der Waals surface area contributed by atoms with Crippen molar-refractivity contribution in [3.05, 3.63) is 59.4 Å². The summed E-state index contributed by atoms with van der Waals surface area (Å²) in [7, 11) is -3.75. The normalized spacial score (nSPS) is 16.0. The van der Waals surface area contributed by atoms with Gasteiger partial charge in [0.2, 0.25) is 15.9 Å². The SMILES string of the molecule is Cc1cc(N2CCCC2=O)ccc1S(=O)(=O)NC(C)Cc1ccccc1F. The summed E-state index contributed by atoms with van der Waals surface area (Å²) in [6.45, 7) is 4.07. The van der Waals surface area contributed by atoms with Gasteiger partial charge in [0.1, 0.15) is 5.82 Å². The number of hydrogen-bond donors (Lipinski definition) is 1. The number of carbonyl (C=O) groups excluding carboxylic acids is 1. The van der Waals surface area contributed by atoms with Crippen LogP contribution in [0.15, 0.2) is 47.4 Å². The highest BCUT2D eigenvalue weighted by Gasteiger charge is 2.24. The Kier molecular flexibility index (Phi) is 5.62. The van der Waals surface area contributed by atoms with Gasteiger partial charge in [0.05, 0.1) is 4.90 Å². The van der Waals surface area contributed by atoms with Gasteiger partial charge in [0.25, 0.3) is 0 Å². The summed E-state index contributed by atoms with van der Waals surface area (Å²) >= 11 is 0. The van der Waals surface area contributed by atoms with Crippen LogP contribution in [0.3, 0.4) is 0 Å². The first-order valence-corrected chi connectivity index (χ1v) is 10.4. The molecule has 1 heterocycles. The van der Waals surface area contributed by atoms with Crippen molar-refractivity contribution >= 4 is 21.6 Å². The molecule has 2 aromatic rings.